The lowest BCUT2D eigenvalue weighted by Gasteiger charge is -2.29. The van der Waals surface area contributed by atoms with Gasteiger partial charge in [-0.1, -0.05) is 37.3 Å². The maximum atomic E-state index is 5.14. The molecular formula is C22H26N4S2. The first-order valence-electron chi connectivity index (χ1n) is 10.2. The van der Waals surface area contributed by atoms with Gasteiger partial charge < -0.3 is 4.90 Å². The van der Waals surface area contributed by atoms with Gasteiger partial charge in [-0.25, -0.2) is 9.97 Å². The quantitative estimate of drug-likeness (QED) is 0.643. The van der Waals surface area contributed by atoms with E-state index in [2.05, 4.69) is 58.8 Å². The third kappa shape index (κ3) is 3.53. The lowest BCUT2D eigenvalue weighted by molar-refractivity contribution is 0.272. The molecule has 0 N–H and O–H groups in total. The Hall–Kier alpha value is -1.63. The highest BCUT2D eigenvalue weighted by molar-refractivity contribution is 7.99. The fraction of sp³-hybridized carbons (Fsp3) is 0.455. The number of fused-ring (bicyclic) bond motifs is 3. The molecule has 6 heteroatoms. The van der Waals surface area contributed by atoms with Crippen molar-refractivity contribution in [2.24, 2.45) is 0 Å². The van der Waals surface area contributed by atoms with Crippen LogP contribution in [0.5, 0.6) is 0 Å². The van der Waals surface area contributed by atoms with Crippen LogP contribution in [0.4, 0.5) is 5.82 Å². The third-order valence-electron chi connectivity index (χ3n) is 5.77. The van der Waals surface area contributed by atoms with E-state index in [0.717, 1.165) is 51.4 Å². The first-order chi connectivity index (χ1) is 13.8. The molecule has 28 heavy (non-hydrogen) atoms. The van der Waals surface area contributed by atoms with Gasteiger partial charge in [0.15, 0.2) is 0 Å². The number of benzene rings is 1. The zero-order valence-electron chi connectivity index (χ0n) is 16.4. The first-order valence-corrected chi connectivity index (χ1v) is 12.2. The summed E-state index contributed by atoms with van der Waals surface area (Å²) in [5, 5.41) is 1.35. The number of thioether (sulfide) groups is 1. The summed E-state index contributed by atoms with van der Waals surface area (Å²) < 4.78 is 0. The van der Waals surface area contributed by atoms with Crippen molar-refractivity contribution < 1.29 is 0 Å². The van der Waals surface area contributed by atoms with Crippen molar-refractivity contribution in [3.63, 3.8) is 0 Å². The Morgan fingerprint density at radius 1 is 1.04 bits per heavy atom. The molecule has 2 aromatic heterocycles. The lowest BCUT2D eigenvalue weighted by atomic mass is 10.0. The zero-order chi connectivity index (χ0) is 18.9. The van der Waals surface area contributed by atoms with E-state index in [1.54, 1.807) is 0 Å². The van der Waals surface area contributed by atoms with Gasteiger partial charge in [0.25, 0.3) is 0 Å². The molecule has 0 spiro atoms. The van der Waals surface area contributed by atoms with Gasteiger partial charge in [0.05, 0.1) is 5.39 Å². The van der Waals surface area contributed by atoms with Crippen LogP contribution in [-0.2, 0) is 19.4 Å². The number of thiophene rings is 1. The summed E-state index contributed by atoms with van der Waals surface area (Å²) in [7, 11) is 0. The van der Waals surface area contributed by atoms with E-state index in [9.17, 15) is 0 Å². The van der Waals surface area contributed by atoms with Gasteiger partial charge in [0.2, 0.25) is 0 Å². The Morgan fingerprint density at radius 3 is 2.64 bits per heavy atom. The molecule has 0 aliphatic carbocycles. The number of hydrogen-bond acceptors (Lipinski definition) is 6. The van der Waals surface area contributed by atoms with Crippen LogP contribution in [0.1, 0.15) is 28.8 Å². The Balaban J connectivity index is 1.61. The number of hydrogen-bond donors (Lipinski definition) is 0. The van der Waals surface area contributed by atoms with Crippen molar-refractivity contribution in [2.45, 2.75) is 26.3 Å². The molecular weight excluding hydrogens is 384 g/mol. The first kappa shape index (κ1) is 18.4. The summed E-state index contributed by atoms with van der Waals surface area (Å²) in [5.41, 5.74) is 2.80. The van der Waals surface area contributed by atoms with E-state index < -0.39 is 0 Å². The van der Waals surface area contributed by atoms with Crippen LogP contribution < -0.4 is 4.90 Å². The fourth-order valence-electron chi connectivity index (χ4n) is 4.20. The van der Waals surface area contributed by atoms with Crippen molar-refractivity contribution in [3.8, 4) is 0 Å². The molecule has 146 valence electrons. The number of aromatic nitrogens is 2. The lowest BCUT2D eigenvalue weighted by Crippen LogP contribution is -2.34. The van der Waals surface area contributed by atoms with Crippen LogP contribution in [-0.4, -0.2) is 52.6 Å². The normalized spacial score (nSPS) is 17.8. The Morgan fingerprint density at radius 2 is 1.86 bits per heavy atom. The standard InChI is InChI=1S/C22H26N4S2/c1-2-25-9-8-17-18(15-25)28-22-20(17)21(26-10-12-27-13-11-26)23-19(24-22)14-16-6-4-3-5-7-16/h3-7H,2,8-15H2,1H3. The highest BCUT2D eigenvalue weighted by Crippen LogP contribution is 2.39. The second kappa shape index (κ2) is 8.01. The van der Waals surface area contributed by atoms with E-state index in [-0.39, 0.29) is 0 Å². The summed E-state index contributed by atoms with van der Waals surface area (Å²) in [6.07, 6.45) is 1.93. The fourth-order valence-corrected chi connectivity index (χ4v) is 6.38. The SMILES string of the molecule is CCN1CCc2c(sc3nc(Cc4ccccc4)nc(N4CCSCC4)c23)C1. The van der Waals surface area contributed by atoms with E-state index in [1.165, 1.54) is 43.5 Å². The van der Waals surface area contributed by atoms with Crippen LogP contribution in [0.2, 0.25) is 0 Å². The van der Waals surface area contributed by atoms with Crippen molar-refractivity contribution in [1.29, 1.82) is 0 Å². The molecule has 1 saturated heterocycles. The van der Waals surface area contributed by atoms with E-state index in [0.29, 0.717) is 0 Å². The molecule has 1 fully saturated rings. The minimum atomic E-state index is 0.802. The molecule has 0 amide bonds. The highest BCUT2D eigenvalue weighted by atomic mass is 32.2. The molecule has 2 aliphatic rings. The van der Waals surface area contributed by atoms with Crippen molar-refractivity contribution in [3.05, 3.63) is 52.2 Å². The summed E-state index contributed by atoms with van der Waals surface area (Å²) in [6, 6.07) is 10.6. The molecule has 0 bridgehead atoms. The highest BCUT2D eigenvalue weighted by Gasteiger charge is 2.26. The number of anilines is 1. The van der Waals surface area contributed by atoms with Crippen molar-refractivity contribution >= 4 is 39.1 Å². The minimum Gasteiger partial charge on any atom is -0.354 e. The van der Waals surface area contributed by atoms with E-state index in [1.807, 2.05) is 11.3 Å². The zero-order valence-corrected chi connectivity index (χ0v) is 18.0. The Labute approximate surface area is 175 Å². The molecule has 0 unspecified atom stereocenters. The average Bonchev–Trinajstić information content (AvgIpc) is 3.12. The second-order valence-electron chi connectivity index (χ2n) is 7.53. The minimum absolute atomic E-state index is 0.802. The molecule has 0 saturated carbocycles. The summed E-state index contributed by atoms with van der Waals surface area (Å²) >= 11 is 3.95. The number of likely N-dealkylation sites (N-methyl/N-ethyl adjacent to an activating group) is 1. The van der Waals surface area contributed by atoms with Crippen molar-refractivity contribution in [2.75, 3.05) is 42.6 Å². The monoisotopic (exact) mass is 410 g/mol. The summed E-state index contributed by atoms with van der Waals surface area (Å²) in [4.78, 5) is 17.9. The topological polar surface area (TPSA) is 32.3 Å². The van der Waals surface area contributed by atoms with Gasteiger partial charge in [-0.2, -0.15) is 11.8 Å². The van der Waals surface area contributed by atoms with E-state index in [4.69, 9.17) is 9.97 Å². The van der Waals surface area contributed by atoms with Crippen LogP contribution in [0.3, 0.4) is 0 Å². The molecule has 5 rings (SSSR count). The average molecular weight is 411 g/mol. The summed E-state index contributed by atoms with van der Waals surface area (Å²) in [6.45, 7) is 7.77. The largest absolute Gasteiger partial charge is 0.354 e. The predicted octanol–water partition coefficient (Wildman–Crippen LogP) is 4.21. The van der Waals surface area contributed by atoms with Crippen molar-refractivity contribution in [1.82, 2.24) is 14.9 Å². The molecule has 4 heterocycles. The number of nitrogens with zero attached hydrogens (tertiary/aromatic N) is 4. The second-order valence-corrected chi connectivity index (χ2v) is 9.84. The van der Waals surface area contributed by atoms with Gasteiger partial charge in [-0.3, -0.25) is 4.90 Å². The molecule has 0 atom stereocenters. The van der Waals surface area contributed by atoms with Gasteiger partial charge in [0, 0.05) is 49.0 Å². The molecule has 4 nitrogen and oxygen atoms in total. The van der Waals surface area contributed by atoms with Crippen LogP contribution in [0.25, 0.3) is 10.2 Å². The van der Waals surface area contributed by atoms with Crippen LogP contribution in [0, 0.1) is 0 Å². The predicted molar refractivity (Wildman–Crippen MR) is 121 cm³/mol. The number of rotatable bonds is 4. The summed E-state index contributed by atoms with van der Waals surface area (Å²) in [5.74, 6) is 4.53. The third-order valence-corrected chi connectivity index (χ3v) is 7.82. The van der Waals surface area contributed by atoms with Gasteiger partial charge >= 0.3 is 0 Å². The smallest absolute Gasteiger partial charge is 0.141 e. The molecule has 1 aromatic carbocycles. The Kier molecular flexibility index (Phi) is 5.26. The maximum absolute atomic E-state index is 5.14. The Bertz CT molecular complexity index is 964. The molecule has 2 aliphatic heterocycles. The van der Waals surface area contributed by atoms with Gasteiger partial charge in [-0.15, -0.1) is 11.3 Å². The van der Waals surface area contributed by atoms with Gasteiger partial charge in [0.1, 0.15) is 16.5 Å². The maximum Gasteiger partial charge on any atom is 0.141 e. The van der Waals surface area contributed by atoms with Crippen LogP contribution >= 0.6 is 23.1 Å². The molecule has 0 radical (unpaired) electrons. The van der Waals surface area contributed by atoms with Crippen LogP contribution in [0.15, 0.2) is 30.3 Å². The molecule has 3 aromatic rings. The van der Waals surface area contributed by atoms with Gasteiger partial charge in [-0.05, 0) is 24.1 Å². The van der Waals surface area contributed by atoms with E-state index >= 15 is 0 Å².